The Morgan fingerprint density at radius 1 is 1.38 bits per heavy atom. The molecule has 0 spiro atoms. The molecule has 2 aromatic rings. The SMILES string of the molecule is CC(C)OC(=O)COC(=O)c1ccc(Cn2cccn2)o1. The van der Waals surface area contributed by atoms with Crippen LogP contribution in [0, 0.1) is 0 Å². The molecule has 2 aromatic heterocycles. The van der Waals surface area contributed by atoms with Gasteiger partial charge in [0.25, 0.3) is 0 Å². The van der Waals surface area contributed by atoms with Gasteiger partial charge in [0.2, 0.25) is 5.76 Å². The summed E-state index contributed by atoms with van der Waals surface area (Å²) in [6.45, 7) is 3.41. The van der Waals surface area contributed by atoms with Gasteiger partial charge in [0.1, 0.15) is 5.76 Å². The Bertz CT molecular complexity index is 601. The highest BCUT2D eigenvalue weighted by Gasteiger charge is 2.15. The van der Waals surface area contributed by atoms with Crippen LogP contribution in [0.2, 0.25) is 0 Å². The Labute approximate surface area is 121 Å². The van der Waals surface area contributed by atoms with Crippen molar-refractivity contribution in [2.45, 2.75) is 26.5 Å². The van der Waals surface area contributed by atoms with Crippen LogP contribution in [-0.2, 0) is 20.8 Å². The monoisotopic (exact) mass is 292 g/mol. The second-order valence-electron chi connectivity index (χ2n) is 4.58. The molecule has 7 heteroatoms. The minimum atomic E-state index is -0.706. The predicted octanol–water partition coefficient (Wildman–Crippen LogP) is 1.63. The van der Waals surface area contributed by atoms with E-state index in [0.29, 0.717) is 12.3 Å². The van der Waals surface area contributed by atoms with Crippen LogP contribution in [0.3, 0.4) is 0 Å². The number of hydrogen-bond acceptors (Lipinski definition) is 6. The van der Waals surface area contributed by atoms with Crippen molar-refractivity contribution in [1.82, 2.24) is 9.78 Å². The molecule has 0 fully saturated rings. The highest BCUT2D eigenvalue weighted by atomic mass is 16.6. The molecule has 112 valence electrons. The number of rotatable bonds is 6. The normalized spacial score (nSPS) is 10.6. The summed E-state index contributed by atoms with van der Waals surface area (Å²) in [6, 6.07) is 4.94. The van der Waals surface area contributed by atoms with Crippen LogP contribution in [-0.4, -0.2) is 34.4 Å². The van der Waals surface area contributed by atoms with Crippen LogP contribution >= 0.6 is 0 Å². The zero-order chi connectivity index (χ0) is 15.2. The van der Waals surface area contributed by atoms with E-state index in [4.69, 9.17) is 13.9 Å². The first-order valence-electron chi connectivity index (χ1n) is 6.47. The summed E-state index contributed by atoms with van der Waals surface area (Å²) in [5.41, 5.74) is 0. The zero-order valence-corrected chi connectivity index (χ0v) is 11.8. The Kier molecular flexibility index (Phi) is 4.76. The van der Waals surface area contributed by atoms with E-state index in [1.54, 1.807) is 43.1 Å². The van der Waals surface area contributed by atoms with Gasteiger partial charge in [-0.15, -0.1) is 0 Å². The summed E-state index contributed by atoms with van der Waals surface area (Å²) in [7, 11) is 0. The van der Waals surface area contributed by atoms with E-state index in [2.05, 4.69) is 5.10 Å². The zero-order valence-electron chi connectivity index (χ0n) is 11.8. The summed E-state index contributed by atoms with van der Waals surface area (Å²) >= 11 is 0. The molecule has 0 aliphatic heterocycles. The molecule has 21 heavy (non-hydrogen) atoms. The maximum atomic E-state index is 11.7. The number of carbonyl (C=O) groups is 2. The molecule has 0 aliphatic carbocycles. The largest absolute Gasteiger partial charge is 0.460 e. The quantitative estimate of drug-likeness (QED) is 0.752. The van der Waals surface area contributed by atoms with Crippen molar-refractivity contribution in [3.8, 4) is 0 Å². The Morgan fingerprint density at radius 3 is 2.86 bits per heavy atom. The standard InChI is InChI=1S/C14H16N2O5/c1-10(2)20-13(17)9-19-14(18)12-5-4-11(21-12)8-16-7-3-6-15-16/h3-7,10H,8-9H2,1-2H3. The van der Waals surface area contributed by atoms with Crippen LogP contribution in [0.25, 0.3) is 0 Å². The fourth-order valence-corrected chi connectivity index (χ4v) is 1.62. The Balaban J connectivity index is 1.86. The van der Waals surface area contributed by atoms with Gasteiger partial charge in [-0.25, -0.2) is 9.59 Å². The van der Waals surface area contributed by atoms with Gasteiger partial charge in [-0.2, -0.15) is 5.10 Å². The highest BCUT2D eigenvalue weighted by molar-refractivity contribution is 5.88. The Hall–Kier alpha value is -2.57. The molecule has 0 atom stereocenters. The van der Waals surface area contributed by atoms with Gasteiger partial charge < -0.3 is 13.9 Å². The van der Waals surface area contributed by atoms with Crippen molar-refractivity contribution in [1.29, 1.82) is 0 Å². The van der Waals surface area contributed by atoms with E-state index in [9.17, 15) is 9.59 Å². The van der Waals surface area contributed by atoms with Gasteiger partial charge >= 0.3 is 11.9 Å². The molecule has 0 saturated heterocycles. The fourth-order valence-electron chi connectivity index (χ4n) is 1.62. The van der Waals surface area contributed by atoms with Crippen LogP contribution < -0.4 is 0 Å². The lowest BCUT2D eigenvalue weighted by Gasteiger charge is -2.07. The predicted molar refractivity (Wildman–Crippen MR) is 71.5 cm³/mol. The van der Waals surface area contributed by atoms with Crippen molar-refractivity contribution in [3.63, 3.8) is 0 Å². The lowest BCUT2D eigenvalue weighted by atomic mass is 10.4. The summed E-state index contributed by atoms with van der Waals surface area (Å²) in [5, 5.41) is 4.03. The van der Waals surface area contributed by atoms with E-state index in [1.807, 2.05) is 0 Å². The smallest absolute Gasteiger partial charge is 0.374 e. The summed E-state index contributed by atoms with van der Waals surface area (Å²) < 4.78 is 16.7. The van der Waals surface area contributed by atoms with Crippen LogP contribution in [0.5, 0.6) is 0 Å². The average Bonchev–Trinajstić information content (AvgIpc) is 3.07. The summed E-state index contributed by atoms with van der Waals surface area (Å²) in [4.78, 5) is 23.0. The van der Waals surface area contributed by atoms with Crippen LogP contribution in [0.15, 0.2) is 35.0 Å². The first kappa shape index (κ1) is 14.8. The lowest BCUT2D eigenvalue weighted by molar-refractivity contribution is -0.151. The van der Waals surface area contributed by atoms with Crippen molar-refractivity contribution in [2.24, 2.45) is 0 Å². The fraction of sp³-hybridized carbons (Fsp3) is 0.357. The van der Waals surface area contributed by atoms with Crippen LogP contribution in [0.1, 0.15) is 30.2 Å². The van der Waals surface area contributed by atoms with E-state index < -0.39 is 18.5 Å². The molecule has 0 amide bonds. The molecule has 2 heterocycles. The van der Waals surface area contributed by atoms with Gasteiger partial charge in [-0.1, -0.05) is 0 Å². The molecule has 2 rings (SSSR count). The molecule has 0 radical (unpaired) electrons. The molecule has 0 N–H and O–H groups in total. The molecule has 0 aliphatic rings. The van der Waals surface area contributed by atoms with Crippen LogP contribution in [0.4, 0.5) is 0 Å². The third-order valence-electron chi connectivity index (χ3n) is 2.43. The number of aromatic nitrogens is 2. The van der Waals surface area contributed by atoms with Crippen molar-refractivity contribution < 1.29 is 23.5 Å². The summed E-state index contributed by atoms with van der Waals surface area (Å²) in [6.07, 6.45) is 3.18. The molecule has 0 bridgehead atoms. The molecule has 0 aromatic carbocycles. The molecular formula is C14H16N2O5. The van der Waals surface area contributed by atoms with E-state index in [0.717, 1.165) is 0 Å². The topological polar surface area (TPSA) is 83.6 Å². The second kappa shape index (κ2) is 6.74. The molecule has 0 saturated carbocycles. The van der Waals surface area contributed by atoms with E-state index >= 15 is 0 Å². The van der Waals surface area contributed by atoms with Gasteiger partial charge in [-0.05, 0) is 32.0 Å². The van der Waals surface area contributed by atoms with E-state index in [-0.39, 0.29) is 11.9 Å². The van der Waals surface area contributed by atoms with Gasteiger partial charge in [0, 0.05) is 12.4 Å². The minimum absolute atomic E-state index is 0.0366. The van der Waals surface area contributed by atoms with Crippen molar-refractivity contribution >= 4 is 11.9 Å². The van der Waals surface area contributed by atoms with E-state index in [1.165, 1.54) is 6.07 Å². The van der Waals surface area contributed by atoms with Gasteiger partial charge in [0.15, 0.2) is 6.61 Å². The van der Waals surface area contributed by atoms with Crippen molar-refractivity contribution in [3.05, 3.63) is 42.1 Å². The highest BCUT2D eigenvalue weighted by Crippen LogP contribution is 2.10. The average molecular weight is 292 g/mol. The maximum Gasteiger partial charge on any atom is 0.374 e. The number of ether oxygens (including phenoxy) is 2. The number of esters is 2. The number of carbonyl (C=O) groups excluding carboxylic acids is 2. The Morgan fingerprint density at radius 2 is 2.19 bits per heavy atom. The molecular weight excluding hydrogens is 276 g/mol. The van der Waals surface area contributed by atoms with Gasteiger partial charge in [0.05, 0.1) is 12.6 Å². The minimum Gasteiger partial charge on any atom is -0.460 e. The number of hydrogen-bond donors (Lipinski definition) is 0. The molecule has 0 unspecified atom stereocenters. The summed E-state index contributed by atoms with van der Waals surface area (Å²) in [5.74, 6) is -0.700. The van der Waals surface area contributed by atoms with Gasteiger partial charge in [-0.3, -0.25) is 4.68 Å². The number of furan rings is 1. The first-order chi connectivity index (χ1) is 10.0. The first-order valence-corrected chi connectivity index (χ1v) is 6.47. The van der Waals surface area contributed by atoms with Crippen molar-refractivity contribution in [2.75, 3.05) is 6.61 Å². The lowest BCUT2D eigenvalue weighted by Crippen LogP contribution is -2.19. The number of nitrogens with zero attached hydrogens (tertiary/aromatic N) is 2. The third-order valence-corrected chi connectivity index (χ3v) is 2.43. The second-order valence-corrected chi connectivity index (χ2v) is 4.58. The third kappa shape index (κ3) is 4.48. The molecule has 7 nitrogen and oxygen atoms in total. The maximum absolute atomic E-state index is 11.7.